The summed E-state index contributed by atoms with van der Waals surface area (Å²) in [7, 11) is 1.18. The molecule has 0 aliphatic carbocycles. The van der Waals surface area contributed by atoms with Crippen molar-refractivity contribution in [1.82, 2.24) is 0 Å². The normalized spacial score (nSPS) is 17.5. The van der Waals surface area contributed by atoms with E-state index in [0.29, 0.717) is 5.56 Å². The summed E-state index contributed by atoms with van der Waals surface area (Å²) >= 11 is 0. The number of aliphatic hydroxyl groups excluding tert-OH is 1. The Morgan fingerprint density at radius 3 is 2.27 bits per heavy atom. The van der Waals surface area contributed by atoms with Crippen molar-refractivity contribution < 1.29 is 32.1 Å². The van der Waals surface area contributed by atoms with E-state index >= 15 is 0 Å². The first kappa shape index (κ1) is 18.6. The number of alkyl halides is 4. The molecular formula is C15H18F4O3. The van der Waals surface area contributed by atoms with E-state index in [9.17, 15) is 22.7 Å². The molecule has 0 unspecified atom stereocenters. The Labute approximate surface area is 126 Å². The van der Waals surface area contributed by atoms with Crippen LogP contribution in [0.2, 0.25) is 0 Å². The van der Waals surface area contributed by atoms with Crippen LogP contribution in [0.3, 0.4) is 0 Å². The smallest absolute Gasteiger partial charge is 0.388 e. The van der Waals surface area contributed by atoms with E-state index in [2.05, 4.69) is 11.3 Å². The average Bonchev–Trinajstić information content (AvgIpc) is 2.47. The number of rotatable bonds is 8. The van der Waals surface area contributed by atoms with Crippen LogP contribution >= 0.6 is 0 Å². The average molecular weight is 322 g/mol. The molecule has 3 atom stereocenters. The molecule has 0 radical (unpaired) electrons. The second-order valence-corrected chi connectivity index (χ2v) is 4.71. The quantitative estimate of drug-likeness (QED) is 0.591. The van der Waals surface area contributed by atoms with Gasteiger partial charge in [0.15, 0.2) is 0 Å². The Hall–Kier alpha value is -1.44. The van der Waals surface area contributed by atoms with Gasteiger partial charge < -0.3 is 14.6 Å². The van der Waals surface area contributed by atoms with Crippen molar-refractivity contribution in [3.8, 4) is 0 Å². The monoisotopic (exact) mass is 322 g/mol. The molecular weight excluding hydrogens is 304 g/mol. The summed E-state index contributed by atoms with van der Waals surface area (Å²) in [5.74, 6) is 0. The molecule has 124 valence electrons. The molecule has 1 N–H and O–H groups in total. The maximum Gasteiger partial charge on any atom is 0.428 e. The fourth-order valence-electron chi connectivity index (χ4n) is 1.92. The number of methoxy groups -OCH3 is 1. The molecule has 22 heavy (non-hydrogen) atoms. The zero-order valence-corrected chi connectivity index (χ0v) is 12.0. The number of aliphatic hydroxyl groups is 1. The van der Waals surface area contributed by atoms with Crippen LogP contribution in [0.15, 0.2) is 43.0 Å². The van der Waals surface area contributed by atoms with Gasteiger partial charge in [-0.25, -0.2) is 4.39 Å². The molecule has 0 heterocycles. The Balaban J connectivity index is 2.99. The van der Waals surface area contributed by atoms with Crippen molar-refractivity contribution in [1.29, 1.82) is 0 Å². The predicted molar refractivity (Wildman–Crippen MR) is 73.0 cm³/mol. The molecule has 0 saturated carbocycles. The minimum Gasteiger partial charge on any atom is -0.388 e. The van der Waals surface area contributed by atoms with Gasteiger partial charge in [0.05, 0.1) is 13.2 Å². The third kappa shape index (κ3) is 4.28. The lowest BCUT2D eigenvalue weighted by Crippen LogP contribution is -2.56. The standard InChI is InChI=1S/C15H18F4O3/c1-3-14(16,15(17,18)19)13(12(20)10-21-2)22-9-11-7-5-4-6-8-11/h3-8,12-13,20H,1,9-10H2,2H3/t12-,13-,14+/m1/s1. The van der Waals surface area contributed by atoms with Crippen LogP contribution in [-0.4, -0.2) is 42.9 Å². The van der Waals surface area contributed by atoms with E-state index in [4.69, 9.17) is 4.74 Å². The Morgan fingerprint density at radius 1 is 1.23 bits per heavy atom. The minimum absolute atomic E-state index is 0.0988. The summed E-state index contributed by atoms with van der Waals surface area (Å²) in [6.07, 6.45) is -9.17. The molecule has 0 amide bonds. The van der Waals surface area contributed by atoms with Crippen LogP contribution in [0.5, 0.6) is 0 Å². The summed E-state index contributed by atoms with van der Waals surface area (Å²) in [5, 5.41) is 9.78. The molecule has 0 bridgehead atoms. The highest BCUT2D eigenvalue weighted by Crippen LogP contribution is 2.40. The highest BCUT2D eigenvalue weighted by atomic mass is 19.4. The van der Waals surface area contributed by atoms with Crippen LogP contribution in [0.1, 0.15) is 5.56 Å². The molecule has 0 saturated heterocycles. The van der Waals surface area contributed by atoms with Gasteiger partial charge in [0.25, 0.3) is 5.67 Å². The lowest BCUT2D eigenvalue weighted by molar-refractivity contribution is -0.264. The number of ether oxygens (including phenoxy) is 2. The lowest BCUT2D eigenvalue weighted by atomic mass is 9.93. The van der Waals surface area contributed by atoms with Gasteiger partial charge in [-0.3, -0.25) is 0 Å². The Kier molecular flexibility index (Phi) is 6.52. The second kappa shape index (κ2) is 7.71. The van der Waals surface area contributed by atoms with E-state index in [1.54, 1.807) is 30.3 Å². The third-order valence-corrected chi connectivity index (χ3v) is 3.10. The van der Waals surface area contributed by atoms with Gasteiger partial charge in [0.2, 0.25) is 0 Å². The van der Waals surface area contributed by atoms with Gasteiger partial charge in [0.1, 0.15) is 12.2 Å². The van der Waals surface area contributed by atoms with Crippen molar-refractivity contribution >= 4 is 0 Å². The molecule has 0 aliphatic heterocycles. The molecule has 0 aliphatic rings. The highest BCUT2D eigenvalue weighted by molar-refractivity contribution is 5.14. The van der Waals surface area contributed by atoms with E-state index < -0.39 is 30.7 Å². The molecule has 0 fully saturated rings. The largest absolute Gasteiger partial charge is 0.428 e. The van der Waals surface area contributed by atoms with Gasteiger partial charge >= 0.3 is 6.18 Å². The third-order valence-electron chi connectivity index (χ3n) is 3.10. The summed E-state index contributed by atoms with van der Waals surface area (Å²) in [6.45, 7) is 2.10. The lowest BCUT2D eigenvalue weighted by Gasteiger charge is -2.35. The topological polar surface area (TPSA) is 38.7 Å². The zero-order chi connectivity index (χ0) is 16.8. The number of halogens is 4. The highest BCUT2D eigenvalue weighted by Gasteiger charge is 2.61. The van der Waals surface area contributed by atoms with Gasteiger partial charge in [0, 0.05) is 7.11 Å². The first-order valence-electron chi connectivity index (χ1n) is 6.48. The first-order chi connectivity index (χ1) is 10.3. The summed E-state index contributed by atoms with van der Waals surface area (Å²) in [6, 6.07) is 8.28. The molecule has 7 heteroatoms. The van der Waals surface area contributed by atoms with Gasteiger partial charge in [-0.2, -0.15) is 13.2 Å². The first-order valence-corrected chi connectivity index (χ1v) is 6.48. The molecule has 1 aromatic carbocycles. The fraction of sp³-hybridized carbons (Fsp3) is 0.467. The van der Waals surface area contributed by atoms with Crippen molar-refractivity contribution in [3.63, 3.8) is 0 Å². The molecule has 1 aromatic rings. The maximum atomic E-state index is 14.4. The SMILES string of the molecule is C=C[C@](F)([C@H](OCc1ccccc1)[C@H](O)COC)C(F)(F)F. The van der Waals surface area contributed by atoms with Crippen LogP contribution in [0.25, 0.3) is 0 Å². The number of benzene rings is 1. The number of hydrogen-bond donors (Lipinski definition) is 1. The van der Waals surface area contributed by atoms with Gasteiger partial charge in [-0.1, -0.05) is 36.9 Å². The van der Waals surface area contributed by atoms with Gasteiger partial charge in [-0.15, -0.1) is 0 Å². The molecule has 1 rings (SSSR count). The van der Waals surface area contributed by atoms with Crippen molar-refractivity contribution in [2.24, 2.45) is 0 Å². The van der Waals surface area contributed by atoms with Crippen LogP contribution in [0.4, 0.5) is 17.6 Å². The van der Waals surface area contributed by atoms with Crippen LogP contribution < -0.4 is 0 Å². The van der Waals surface area contributed by atoms with Crippen molar-refractivity contribution in [3.05, 3.63) is 48.6 Å². The van der Waals surface area contributed by atoms with E-state index in [0.717, 1.165) is 0 Å². The summed E-state index contributed by atoms with van der Waals surface area (Å²) < 4.78 is 63.0. The minimum atomic E-state index is -5.27. The number of hydrogen-bond acceptors (Lipinski definition) is 3. The van der Waals surface area contributed by atoms with Crippen LogP contribution in [-0.2, 0) is 16.1 Å². The van der Waals surface area contributed by atoms with E-state index in [-0.39, 0.29) is 12.7 Å². The Morgan fingerprint density at radius 2 is 1.82 bits per heavy atom. The summed E-state index contributed by atoms with van der Waals surface area (Å²) in [5.41, 5.74) is -3.34. The molecule has 0 spiro atoms. The van der Waals surface area contributed by atoms with Gasteiger partial charge in [-0.05, 0) is 11.6 Å². The summed E-state index contributed by atoms with van der Waals surface area (Å²) in [4.78, 5) is 0. The zero-order valence-electron chi connectivity index (χ0n) is 12.0. The van der Waals surface area contributed by atoms with E-state index in [1.807, 2.05) is 0 Å². The van der Waals surface area contributed by atoms with E-state index in [1.165, 1.54) is 7.11 Å². The fourth-order valence-corrected chi connectivity index (χ4v) is 1.92. The second-order valence-electron chi connectivity index (χ2n) is 4.71. The molecule has 0 aromatic heterocycles. The maximum absolute atomic E-state index is 14.4. The van der Waals surface area contributed by atoms with Crippen molar-refractivity contribution in [2.75, 3.05) is 13.7 Å². The molecule has 3 nitrogen and oxygen atoms in total. The van der Waals surface area contributed by atoms with Crippen LogP contribution in [0, 0.1) is 0 Å². The van der Waals surface area contributed by atoms with Crippen molar-refractivity contribution in [2.45, 2.75) is 30.7 Å². The Bertz CT molecular complexity index is 464. The predicted octanol–water partition coefficient (Wildman–Crippen LogP) is 3.04.